The summed E-state index contributed by atoms with van der Waals surface area (Å²) in [6.07, 6.45) is 0. The Kier molecular flexibility index (Phi) is 2.49. The Hall–Kier alpha value is -2.69. The van der Waals surface area contributed by atoms with Crippen LogP contribution in [0.4, 0.5) is 5.69 Å². The van der Waals surface area contributed by atoms with Gasteiger partial charge in [-0.25, -0.2) is 0 Å². The first kappa shape index (κ1) is 10.5. The Balaban J connectivity index is 2.12. The number of hydrogen-bond donors (Lipinski definition) is 2. The summed E-state index contributed by atoms with van der Waals surface area (Å²) in [6.45, 7) is 0. The number of nitrogen functional groups attached to an aromatic ring is 1. The minimum Gasteiger partial charge on any atom is -0.398 e. The minimum atomic E-state index is 0.505. The molecule has 3 aromatic rings. The fourth-order valence-corrected chi connectivity index (χ4v) is 1.84. The number of nitrogens with two attached hydrogens (primary N) is 1. The number of aromatic amines is 1. The molecule has 0 fully saturated rings. The molecule has 88 valence electrons. The molecule has 2 aromatic carbocycles. The standard InChI is InChI=1S/C13H11N5/c14-12-7-6-10(9-4-2-1-3-5-9)8-11(12)13-15-17-18-16-13/h1-8H,14H2,(H,15,16,17,18). The van der Waals surface area contributed by atoms with Crippen LogP contribution in [-0.4, -0.2) is 20.6 Å². The lowest BCUT2D eigenvalue weighted by molar-refractivity contribution is 0.881. The molecular formula is C13H11N5. The van der Waals surface area contributed by atoms with Gasteiger partial charge in [-0.1, -0.05) is 36.4 Å². The Bertz CT molecular complexity index is 646. The van der Waals surface area contributed by atoms with E-state index in [-0.39, 0.29) is 0 Å². The van der Waals surface area contributed by atoms with Gasteiger partial charge >= 0.3 is 0 Å². The smallest absolute Gasteiger partial charge is 0.206 e. The summed E-state index contributed by atoms with van der Waals surface area (Å²) >= 11 is 0. The van der Waals surface area contributed by atoms with E-state index in [1.165, 1.54) is 0 Å². The second-order valence-corrected chi connectivity index (χ2v) is 3.90. The van der Waals surface area contributed by atoms with Crippen LogP contribution in [0.1, 0.15) is 0 Å². The van der Waals surface area contributed by atoms with Gasteiger partial charge in [-0.15, -0.1) is 10.2 Å². The summed E-state index contributed by atoms with van der Waals surface area (Å²) < 4.78 is 0. The maximum atomic E-state index is 5.94. The zero-order valence-electron chi connectivity index (χ0n) is 9.54. The lowest BCUT2D eigenvalue weighted by atomic mass is 10.0. The van der Waals surface area contributed by atoms with Crippen molar-refractivity contribution in [1.29, 1.82) is 0 Å². The average Bonchev–Trinajstić information content (AvgIpc) is 2.94. The van der Waals surface area contributed by atoms with Crippen molar-refractivity contribution in [1.82, 2.24) is 20.6 Å². The highest BCUT2D eigenvalue weighted by atomic mass is 15.5. The van der Waals surface area contributed by atoms with Crippen molar-refractivity contribution in [2.45, 2.75) is 0 Å². The van der Waals surface area contributed by atoms with Crippen molar-refractivity contribution >= 4 is 5.69 Å². The Morgan fingerprint density at radius 2 is 1.78 bits per heavy atom. The van der Waals surface area contributed by atoms with E-state index in [9.17, 15) is 0 Å². The normalized spacial score (nSPS) is 10.4. The lowest BCUT2D eigenvalue weighted by Crippen LogP contribution is -1.92. The van der Waals surface area contributed by atoms with E-state index in [0.29, 0.717) is 11.5 Å². The van der Waals surface area contributed by atoms with E-state index >= 15 is 0 Å². The van der Waals surface area contributed by atoms with Crippen LogP contribution in [0.3, 0.4) is 0 Å². The molecule has 1 heterocycles. The van der Waals surface area contributed by atoms with Crippen LogP contribution in [0.2, 0.25) is 0 Å². The van der Waals surface area contributed by atoms with Crippen LogP contribution >= 0.6 is 0 Å². The monoisotopic (exact) mass is 237 g/mol. The maximum absolute atomic E-state index is 5.94. The van der Waals surface area contributed by atoms with E-state index in [4.69, 9.17) is 5.73 Å². The number of nitrogens with one attached hydrogen (secondary N) is 1. The van der Waals surface area contributed by atoms with Crippen LogP contribution in [0.25, 0.3) is 22.5 Å². The van der Waals surface area contributed by atoms with Gasteiger partial charge < -0.3 is 5.73 Å². The predicted octanol–water partition coefficient (Wildman–Crippen LogP) is 2.12. The van der Waals surface area contributed by atoms with E-state index in [1.54, 1.807) is 0 Å². The molecule has 0 saturated carbocycles. The number of benzene rings is 2. The first-order valence-electron chi connectivity index (χ1n) is 5.53. The third kappa shape index (κ3) is 1.82. The largest absolute Gasteiger partial charge is 0.398 e. The second kappa shape index (κ2) is 4.29. The zero-order chi connectivity index (χ0) is 12.4. The third-order valence-electron chi connectivity index (χ3n) is 2.75. The highest BCUT2D eigenvalue weighted by molar-refractivity contribution is 5.78. The van der Waals surface area contributed by atoms with Crippen LogP contribution in [-0.2, 0) is 0 Å². The van der Waals surface area contributed by atoms with Gasteiger partial charge in [-0.3, -0.25) is 0 Å². The quantitative estimate of drug-likeness (QED) is 0.669. The molecule has 0 aliphatic heterocycles. The van der Waals surface area contributed by atoms with Gasteiger partial charge in [0.2, 0.25) is 5.82 Å². The Morgan fingerprint density at radius 3 is 2.50 bits per heavy atom. The maximum Gasteiger partial charge on any atom is 0.206 e. The van der Waals surface area contributed by atoms with Crippen molar-refractivity contribution in [3.63, 3.8) is 0 Å². The van der Waals surface area contributed by atoms with Crippen molar-refractivity contribution in [2.75, 3.05) is 5.73 Å². The lowest BCUT2D eigenvalue weighted by Gasteiger charge is -2.05. The SMILES string of the molecule is Nc1ccc(-c2ccccc2)cc1-c1nn[nH]n1. The van der Waals surface area contributed by atoms with Crippen molar-refractivity contribution < 1.29 is 0 Å². The first-order valence-corrected chi connectivity index (χ1v) is 5.53. The summed E-state index contributed by atoms with van der Waals surface area (Å²) in [5.41, 5.74) is 9.56. The number of tetrazole rings is 1. The fraction of sp³-hybridized carbons (Fsp3) is 0. The molecule has 0 bridgehead atoms. The fourth-order valence-electron chi connectivity index (χ4n) is 1.84. The molecular weight excluding hydrogens is 226 g/mol. The molecule has 18 heavy (non-hydrogen) atoms. The van der Waals surface area contributed by atoms with Crippen LogP contribution in [0.15, 0.2) is 48.5 Å². The number of anilines is 1. The average molecular weight is 237 g/mol. The van der Waals surface area contributed by atoms with Gasteiger partial charge in [0.25, 0.3) is 0 Å². The van der Waals surface area contributed by atoms with Gasteiger partial charge in [-0.2, -0.15) is 5.21 Å². The number of hydrogen-bond acceptors (Lipinski definition) is 4. The van der Waals surface area contributed by atoms with Crippen LogP contribution in [0.5, 0.6) is 0 Å². The molecule has 0 radical (unpaired) electrons. The molecule has 3 N–H and O–H groups in total. The Morgan fingerprint density at radius 1 is 0.944 bits per heavy atom. The molecule has 0 aliphatic carbocycles. The number of nitrogens with zero attached hydrogens (tertiary/aromatic N) is 3. The summed E-state index contributed by atoms with van der Waals surface area (Å²) in [5.74, 6) is 0.505. The highest BCUT2D eigenvalue weighted by Crippen LogP contribution is 2.28. The molecule has 0 saturated heterocycles. The summed E-state index contributed by atoms with van der Waals surface area (Å²) in [4.78, 5) is 0. The number of aromatic nitrogens is 4. The molecule has 0 amide bonds. The van der Waals surface area contributed by atoms with E-state index in [2.05, 4.69) is 20.6 Å². The zero-order valence-corrected chi connectivity index (χ0v) is 9.54. The molecule has 0 unspecified atom stereocenters. The van der Waals surface area contributed by atoms with Crippen molar-refractivity contribution in [3.05, 3.63) is 48.5 Å². The topological polar surface area (TPSA) is 80.5 Å². The summed E-state index contributed by atoms with van der Waals surface area (Å²) in [6, 6.07) is 15.9. The van der Waals surface area contributed by atoms with Gasteiger partial charge in [0.05, 0.1) is 0 Å². The summed E-state index contributed by atoms with van der Waals surface area (Å²) in [5, 5.41) is 13.9. The van der Waals surface area contributed by atoms with E-state index in [1.807, 2.05) is 48.5 Å². The molecule has 0 atom stereocenters. The predicted molar refractivity (Wildman–Crippen MR) is 69.5 cm³/mol. The summed E-state index contributed by atoms with van der Waals surface area (Å²) in [7, 11) is 0. The molecule has 1 aromatic heterocycles. The van der Waals surface area contributed by atoms with Crippen LogP contribution < -0.4 is 5.73 Å². The van der Waals surface area contributed by atoms with Crippen molar-refractivity contribution in [2.24, 2.45) is 0 Å². The minimum absolute atomic E-state index is 0.505. The molecule has 5 nitrogen and oxygen atoms in total. The highest BCUT2D eigenvalue weighted by Gasteiger charge is 2.09. The number of rotatable bonds is 2. The third-order valence-corrected chi connectivity index (χ3v) is 2.75. The Labute approximate surface area is 104 Å². The van der Waals surface area contributed by atoms with Gasteiger partial charge in [0, 0.05) is 11.3 Å². The molecule has 3 rings (SSSR count). The molecule has 0 spiro atoms. The van der Waals surface area contributed by atoms with Crippen molar-refractivity contribution in [3.8, 4) is 22.5 Å². The first-order chi connectivity index (χ1) is 8.84. The molecule has 0 aliphatic rings. The second-order valence-electron chi connectivity index (χ2n) is 3.90. The molecule has 5 heteroatoms. The number of H-pyrrole nitrogens is 1. The van der Waals surface area contributed by atoms with Crippen LogP contribution in [0, 0.1) is 0 Å². The van der Waals surface area contributed by atoms with Gasteiger partial charge in [-0.05, 0) is 28.5 Å². The van der Waals surface area contributed by atoms with Gasteiger partial charge in [0.15, 0.2) is 0 Å². The van der Waals surface area contributed by atoms with E-state index in [0.717, 1.165) is 16.7 Å². The van der Waals surface area contributed by atoms with E-state index < -0.39 is 0 Å². The van der Waals surface area contributed by atoms with Gasteiger partial charge in [0.1, 0.15) is 0 Å².